The number of carbonyl (C=O) groups excluding carboxylic acids is 1. The van der Waals surface area contributed by atoms with Crippen LogP contribution in [0.4, 0.5) is 0 Å². The van der Waals surface area contributed by atoms with Crippen LogP contribution in [0, 0.1) is 0 Å². The zero-order chi connectivity index (χ0) is 20.6. The van der Waals surface area contributed by atoms with Gasteiger partial charge in [0.25, 0.3) is 5.91 Å². The Morgan fingerprint density at radius 2 is 2.07 bits per heavy atom. The van der Waals surface area contributed by atoms with E-state index in [1.807, 2.05) is 12.1 Å². The topological polar surface area (TPSA) is 88.6 Å². The fourth-order valence-electron chi connectivity index (χ4n) is 3.79. The maximum absolute atomic E-state index is 13.2. The highest BCUT2D eigenvalue weighted by Gasteiger charge is 2.37. The van der Waals surface area contributed by atoms with Crippen LogP contribution in [-0.4, -0.2) is 50.9 Å². The van der Waals surface area contributed by atoms with Crippen molar-refractivity contribution in [3.05, 3.63) is 53.0 Å². The van der Waals surface area contributed by atoms with Crippen molar-refractivity contribution in [1.29, 1.82) is 0 Å². The minimum atomic E-state index is -3.70. The lowest BCUT2D eigenvalue weighted by Crippen LogP contribution is -2.29. The van der Waals surface area contributed by atoms with Gasteiger partial charge in [-0.2, -0.15) is 4.31 Å². The molecule has 0 spiro atoms. The number of amides is 1. The number of carbonyl (C=O) groups is 1. The number of ether oxygens (including phenoxy) is 1. The Bertz CT molecular complexity index is 1170. The summed E-state index contributed by atoms with van der Waals surface area (Å²) >= 11 is 1.34. The molecule has 0 radical (unpaired) electrons. The van der Waals surface area contributed by atoms with Crippen molar-refractivity contribution in [2.24, 2.45) is 0 Å². The monoisotopic (exact) mass is 431 g/mol. The summed E-state index contributed by atoms with van der Waals surface area (Å²) in [6, 6.07) is 10.4. The summed E-state index contributed by atoms with van der Waals surface area (Å²) < 4.78 is 33.2. The first kappa shape index (κ1) is 19.8. The molecule has 29 heavy (non-hydrogen) atoms. The van der Waals surface area contributed by atoms with Gasteiger partial charge in [0.05, 0.1) is 12.0 Å². The summed E-state index contributed by atoms with van der Waals surface area (Å²) in [6.45, 7) is 0.695. The van der Waals surface area contributed by atoms with Crippen LogP contribution in [0.2, 0.25) is 0 Å². The van der Waals surface area contributed by atoms with Crippen LogP contribution in [0.1, 0.15) is 27.6 Å². The third-order valence-corrected chi connectivity index (χ3v) is 8.22. The van der Waals surface area contributed by atoms with Gasteiger partial charge in [-0.1, -0.05) is 18.2 Å². The van der Waals surface area contributed by atoms with Crippen LogP contribution >= 0.6 is 11.3 Å². The Hall–Kier alpha value is -2.49. The molecule has 1 aromatic carbocycles. The van der Waals surface area contributed by atoms with Crippen molar-refractivity contribution in [3.63, 3.8) is 0 Å². The highest BCUT2D eigenvalue weighted by atomic mass is 32.2. The van der Waals surface area contributed by atoms with Gasteiger partial charge >= 0.3 is 0 Å². The molecule has 9 heteroatoms. The average Bonchev–Trinajstić information content (AvgIpc) is 3.38. The van der Waals surface area contributed by atoms with Gasteiger partial charge < -0.3 is 10.1 Å². The smallest absolute Gasteiger partial charge is 0.261 e. The lowest BCUT2D eigenvalue weighted by atomic mass is 9.95. The summed E-state index contributed by atoms with van der Waals surface area (Å²) in [6.07, 6.45) is 2.34. The Morgan fingerprint density at radius 3 is 2.83 bits per heavy atom. The second-order valence-corrected chi connectivity index (χ2v) is 9.69. The summed E-state index contributed by atoms with van der Waals surface area (Å²) in [5, 5.41) is 3.60. The third kappa shape index (κ3) is 3.39. The number of hydrogen-bond donors (Lipinski definition) is 1. The fraction of sp³-hybridized carbons (Fsp3) is 0.300. The van der Waals surface area contributed by atoms with E-state index in [0.29, 0.717) is 30.1 Å². The molecule has 3 aromatic rings. The Balaban J connectivity index is 1.71. The average molecular weight is 432 g/mol. The van der Waals surface area contributed by atoms with Gasteiger partial charge in [-0.15, -0.1) is 11.3 Å². The second kappa shape index (κ2) is 7.74. The number of hydrogen-bond acceptors (Lipinski definition) is 6. The number of para-hydroxylation sites is 1. The number of thiophene rings is 1. The molecule has 2 aromatic heterocycles. The Labute approximate surface area is 173 Å². The van der Waals surface area contributed by atoms with E-state index in [-0.39, 0.29) is 16.7 Å². The van der Waals surface area contributed by atoms with Crippen molar-refractivity contribution in [1.82, 2.24) is 14.6 Å². The van der Waals surface area contributed by atoms with Gasteiger partial charge in [-0.05, 0) is 30.2 Å². The number of aromatic nitrogens is 1. The molecule has 152 valence electrons. The van der Waals surface area contributed by atoms with Crippen molar-refractivity contribution < 1.29 is 17.9 Å². The molecule has 1 atom stereocenters. The maximum Gasteiger partial charge on any atom is 0.261 e. The second-order valence-electron chi connectivity index (χ2n) is 6.78. The summed E-state index contributed by atoms with van der Waals surface area (Å²) in [5.41, 5.74) is 0.884. The van der Waals surface area contributed by atoms with Gasteiger partial charge in [0.2, 0.25) is 10.0 Å². The zero-order valence-electron chi connectivity index (χ0n) is 16.1. The first-order chi connectivity index (χ1) is 14.0. The third-order valence-electron chi connectivity index (χ3n) is 5.18. The molecular formula is C20H21N3O4S2. The first-order valence-electron chi connectivity index (χ1n) is 9.20. The first-order valence-corrected chi connectivity index (χ1v) is 11.5. The van der Waals surface area contributed by atoms with E-state index >= 15 is 0 Å². The van der Waals surface area contributed by atoms with Crippen molar-refractivity contribution in [2.75, 3.05) is 27.2 Å². The van der Waals surface area contributed by atoms with E-state index in [1.165, 1.54) is 22.8 Å². The number of sulfonamides is 1. The lowest BCUT2D eigenvalue weighted by Gasteiger charge is -2.18. The molecule has 1 aliphatic heterocycles. The SMILES string of the molecule is CNC(=O)c1sc2ncccc2c1C1CCN(S(=O)(=O)c2ccccc2OC)C1. The quantitative estimate of drug-likeness (QED) is 0.671. The number of benzene rings is 1. The standard InChI is InChI=1S/C20H21N3O4S2/c1-21-19(24)18-17(14-6-5-10-22-20(14)28-18)13-9-11-23(12-13)29(25,26)16-8-4-3-7-15(16)27-2/h3-8,10,13H,9,11-12H2,1-2H3,(H,21,24). The molecular weight excluding hydrogens is 410 g/mol. The molecule has 1 aliphatic rings. The molecule has 1 amide bonds. The Kier molecular flexibility index (Phi) is 5.28. The molecule has 1 N–H and O–H groups in total. The van der Waals surface area contributed by atoms with E-state index in [2.05, 4.69) is 10.3 Å². The van der Waals surface area contributed by atoms with Crippen LogP contribution in [0.3, 0.4) is 0 Å². The largest absolute Gasteiger partial charge is 0.495 e. The summed E-state index contributed by atoms with van der Waals surface area (Å²) in [4.78, 5) is 18.4. The molecule has 0 bridgehead atoms. The minimum Gasteiger partial charge on any atom is -0.495 e. The predicted molar refractivity (Wildman–Crippen MR) is 112 cm³/mol. The van der Waals surface area contributed by atoms with Gasteiger partial charge in [0.1, 0.15) is 15.5 Å². The summed E-state index contributed by atoms with van der Waals surface area (Å²) in [5.74, 6) is 0.0750. The number of nitrogens with zero attached hydrogens (tertiary/aromatic N) is 2. The molecule has 1 saturated heterocycles. The number of nitrogens with one attached hydrogen (secondary N) is 1. The molecule has 0 aliphatic carbocycles. The molecule has 1 unspecified atom stereocenters. The summed E-state index contributed by atoms with van der Waals surface area (Å²) in [7, 11) is -0.648. The van der Waals surface area contributed by atoms with Gasteiger partial charge in [-0.25, -0.2) is 13.4 Å². The van der Waals surface area contributed by atoms with Crippen LogP contribution in [-0.2, 0) is 10.0 Å². The normalized spacial score (nSPS) is 17.5. The van der Waals surface area contributed by atoms with E-state index in [9.17, 15) is 13.2 Å². The van der Waals surface area contributed by atoms with Crippen LogP contribution in [0.25, 0.3) is 10.2 Å². The predicted octanol–water partition coefficient (Wildman–Crippen LogP) is 2.84. The fourth-order valence-corrected chi connectivity index (χ4v) is 6.62. The lowest BCUT2D eigenvalue weighted by molar-refractivity contribution is 0.0966. The van der Waals surface area contributed by atoms with Crippen molar-refractivity contribution >= 4 is 37.5 Å². The van der Waals surface area contributed by atoms with Gasteiger partial charge in [-0.3, -0.25) is 4.79 Å². The number of fused-ring (bicyclic) bond motifs is 1. The zero-order valence-corrected chi connectivity index (χ0v) is 17.7. The number of rotatable bonds is 5. The van der Waals surface area contributed by atoms with Crippen molar-refractivity contribution in [2.45, 2.75) is 17.2 Å². The number of methoxy groups -OCH3 is 1. The highest BCUT2D eigenvalue weighted by Crippen LogP contribution is 2.41. The number of pyridine rings is 1. The molecule has 3 heterocycles. The van der Waals surface area contributed by atoms with Gasteiger partial charge in [0.15, 0.2) is 0 Å². The molecule has 1 fully saturated rings. The molecule has 0 saturated carbocycles. The minimum absolute atomic E-state index is 0.0790. The van der Waals surface area contributed by atoms with Crippen molar-refractivity contribution in [3.8, 4) is 5.75 Å². The maximum atomic E-state index is 13.2. The van der Waals surface area contributed by atoms with Gasteiger partial charge in [0, 0.05) is 37.6 Å². The van der Waals surface area contributed by atoms with Crippen LogP contribution < -0.4 is 10.1 Å². The Morgan fingerprint density at radius 1 is 1.28 bits per heavy atom. The van der Waals surface area contributed by atoms with E-state index in [0.717, 1.165) is 15.8 Å². The van der Waals surface area contributed by atoms with E-state index in [1.54, 1.807) is 37.5 Å². The van der Waals surface area contributed by atoms with E-state index in [4.69, 9.17) is 4.74 Å². The molecule has 4 rings (SSSR count). The molecule has 7 nitrogen and oxygen atoms in total. The van der Waals surface area contributed by atoms with Crippen LogP contribution in [0.15, 0.2) is 47.5 Å². The van der Waals surface area contributed by atoms with Crippen LogP contribution in [0.5, 0.6) is 5.75 Å². The highest BCUT2D eigenvalue weighted by molar-refractivity contribution is 7.89. The van der Waals surface area contributed by atoms with E-state index < -0.39 is 10.0 Å².